The molecule has 3 aliphatic heterocycles. The second-order valence-corrected chi connectivity index (χ2v) is 5.40. The van der Waals surface area contributed by atoms with Gasteiger partial charge in [0.25, 0.3) is 0 Å². The Morgan fingerprint density at radius 1 is 1.50 bits per heavy atom. The quantitative estimate of drug-likeness (QED) is 0.570. The molecule has 4 N–H and O–H groups in total. The van der Waals surface area contributed by atoms with E-state index in [0.717, 1.165) is 0 Å². The molecule has 20 heavy (non-hydrogen) atoms. The van der Waals surface area contributed by atoms with E-state index in [2.05, 4.69) is 10.3 Å². The van der Waals surface area contributed by atoms with Crippen molar-refractivity contribution < 1.29 is 24.1 Å². The van der Waals surface area contributed by atoms with Crippen molar-refractivity contribution >= 4 is 12.0 Å². The number of amides is 2. The Morgan fingerprint density at radius 2 is 2.20 bits per heavy atom. The lowest BCUT2D eigenvalue weighted by Gasteiger charge is -2.33. The number of fused-ring (bicyclic) bond motifs is 1. The van der Waals surface area contributed by atoms with E-state index < -0.39 is 36.4 Å². The van der Waals surface area contributed by atoms with Gasteiger partial charge in [-0.1, -0.05) is 0 Å². The van der Waals surface area contributed by atoms with Gasteiger partial charge in [0.1, 0.15) is 25.0 Å². The van der Waals surface area contributed by atoms with E-state index >= 15 is 0 Å². The van der Waals surface area contributed by atoms with Crippen molar-refractivity contribution in [1.29, 1.82) is 0 Å². The molecule has 0 radical (unpaired) electrons. The first-order valence-electron chi connectivity index (χ1n) is 6.41. The van der Waals surface area contributed by atoms with E-state index in [1.54, 1.807) is 13.8 Å². The van der Waals surface area contributed by atoms with Crippen LogP contribution in [0.3, 0.4) is 0 Å². The number of rotatable bonds is 2. The van der Waals surface area contributed by atoms with E-state index in [4.69, 9.17) is 19.9 Å². The lowest BCUT2D eigenvalue weighted by Crippen LogP contribution is -2.57. The molecular weight excluding hydrogens is 268 g/mol. The number of nitrogens with two attached hydrogens (primary N) is 1. The Kier molecular flexibility index (Phi) is 3.09. The van der Waals surface area contributed by atoms with Gasteiger partial charge in [0, 0.05) is 0 Å². The van der Waals surface area contributed by atoms with Gasteiger partial charge < -0.3 is 25.1 Å². The van der Waals surface area contributed by atoms with E-state index in [0.29, 0.717) is 0 Å². The molecule has 0 aromatic heterocycles. The first-order valence-corrected chi connectivity index (χ1v) is 6.41. The summed E-state index contributed by atoms with van der Waals surface area (Å²) in [6.45, 7) is 3.43. The summed E-state index contributed by atoms with van der Waals surface area (Å²) in [4.78, 5) is 17.3. The molecule has 0 aromatic rings. The molecule has 112 valence electrons. The zero-order valence-electron chi connectivity index (χ0n) is 11.3. The molecule has 9 nitrogen and oxygen atoms in total. The summed E-state index contributed by atoms with van der Waals surface area (Å²) >= 11 is 0. The number of ether oxygens (including phenoxy) is 3. The van der Waals surface area contributed by atoms with E-state index in [-0.39, 0.29) is 19.2 Å². The molecule has 0 unspecified atom stereocenters. The third kappa shape index (κ3) is 2.12. The van der Waals surface area contributed by atoms with Gasteiger partial charge in [-0.15, -0.1) is 0 Å². The Hall–Kier alpha value is -1.42. The van der Waals surface area contributed by atoms with Crippen LogP contribution in [0.5, 0.6) is 0 Å². The average Bonchev–Trinajstić information content (AvgIpc) is 2.83. The van der Waals surface area contributed by atoms with Gasteiger partial charge in [-0.05, 0) is 13.8 Å². The zero-order chi connectivity index (χ0) is 14.5. The maximum absolute atomic E-state index is 12.0. The molecule has 2 fully saturated rings. The molecule has 2 saturated heterocycles. The Labute approximate surface area is 115 Å². The first kappa shape index (κ1) is 13.6. The fraction of sp³-hybridized carbons (Fsp3) is 0.818. The topological polar surface area (TPSA) is 119 Å². The Bertz CT molecular complexity index is 454. The minimum atomic E-state index is -0.778. The van der Waals surface area contributed by atoms with Crippen LogP contribution in [0.15, 0.2) is 4.99 Å². The molecule has 0 aliphatic carbocycles. The van der Waals surface area contributed by atoms with Gasteiger partial charge in [-0.3, -0.25) is 10.2 Å². The molecule has 0 saturated carbocycles. The van der Waals surface area contributed by atoms with Crippen molar-refractivity contribution in [3.63, 3.8) is 0 Å². The van der Waals surface area contributed by atoms with E-state index in [9.17, 15) is 9.90 Å². The second kappa shape index (κ2) is 4.55. The Balaban J connectivity index is 1.82. The van der Waals surface area contributed by atoms with Crippen molar-refractivity contribution in [2.45, 2.75) is 44.2 Å². The largest absolute Gasteiger partial charge is 0.394 e. The SMILES string of the molecule is CC1(C)O[C@@H]2[C@H](O1)[C@H](CO)O[C@@H]2N1CN=C(N)NC1=O. The molecule has 4 atom stereocenters. The number of guanidine groups is 1. The van der Waals surface area contributed by atoms with Crippen LogP contribution in [0.4, 0.5) is 4.79 Å². The number of nitrogens with one attached hydrogen (secondary N) is 1. The highest BCUT2D eigenvalue weighted by Gasteiger charge is 2.57. The van der Waals surface area contributed by atoms with Gasteiger partial charge in [-0.2, -0.15) is 0 Å². The van der Waals surface area contributed by atoms with E-state index in [1.165, 1.54) is 4.90 Å². The van der Waals surface area contributed by atoms with E-state index in [1.807, 2.05) is 0 Å². The average molecular weight is 286 g/mol. The fourth-order valence-electron chi connectivity index (χ4n) is 2.69. The minimum Gasteiger partial charge on any atom is -0.394 e. The van der Waals surface area contributed by atoms with Gasteiger partial charge in [0.2, 0.25) is 0 Å². The van der Waals surface area contributed by atoms with Gasteiger partial charge in [0.15, 0.2) is 18.0 Å². The summed E-state index contributed by atoms with van der Waals surface area (Å²) in [5.74, 6) is -0.706. The van der Waals surface area contributed by atoms with Crippen LogP contribution in [-0.2, 0) is 14.2 Å². The number of carbonyl (C=O) groups excluding carboxylic acids is 1. The predicted octanol–water partition coefficient (Wildman–Crippen LogP) is -1.48. The molecule has 0 spiro atoms. The summed E-state index contributed by atoms with van der Waals surface area (Å²) < 4.78 is 17.2. The number of aliphatic imine (C=N–C) groups is 1. The summed E-state index contributed by atoms with van der Waals surface area (Å²) in [5.41, 5.74) is 5.44. The highest BCUT2D eigenvalue weighted by molar-refractivity contribution is 5.96. The number of aliphatic hydroxyl groups excluding tert-OH is 1. The smallest absolute Gasteiger partial charge is 0.327 e. The van der Waals surface area contributed by atoms with Crippen molar-refractivity contribution in [2.24, 2.45) is 10.7 Å². The van der Waals surface area contributed by atoms with Crippen molar-refractivity contribution in [2.75, 3.05) is 13.3 Å². The van der Waals surface area contributed by atoms with Gasteiger partial charge in [-0.25, -0.2) is 9.79 Å². The number of urea groups is 1. The van der Waals surface area contributed by atoms with Crippen LogP contribution in [0.1, 0.15) is 13.8 Å². The number of hydrogen-bond acceptors (Lipinski definition) is 7. The highest BCUT2D eigenvalue weighted by atomic mass is 16.8. The van der Waals surface area contributed by atoms with Crippen molar-refractivity contribution in [1.82, 2.24) is 10.2 Å². The van der Waals surface area contributed by atoms with Crippen LogP contribution in [0.2, 0.25) is 0 Å². The van der Waals surface area contributed by atoms with Crippen LogP contribution in [0.25, 0.3) is 0 Å². The molecule has 9 heteroatoms. The highest BCUT2D eigenvalue weighted by Crippen LogP contribution is 2.39. The number of nitrogens with zero attached hydrogens (tertiary/aromatic N) is 2. The van der Waals surface area contributed by atoms with Crippen molar-refractivity contribution in [3.8, 4) is 0 Å². The van der Waals surface area contributed by atoms with Gasteiger partial charge in [0.05, 0.1) is 6.61 Å². The molecule has 3 aliphatic rings. The third-order valence-electron chi connectivity index (χ3n) is 3.50. The number of carbonyl (C=O) groups is 1. The lowest BCUT2D eigenvalue weighted by atomic mass is 10.1. The van der Waals surface area contributed by atoms with Crippen LogP contribution >= 0.6 is 0 Å². The second-order valence-electron chi connectivity index (χ2n) is 5.40. The predicted molar refractivity (Wildman–Crippen MR) is 66.4 cm³/mol. The summed E-state index contributed by atoms with van der Waals surface area (Å²) in [6, 6.07) is -0.409. The Morgan fingerprint density at radius 3 is 2.85 bits per heavy atom. The monoisotopic (exact) mass is 286 g/mol. The van der Waals surface area contributed by atoms with Crippen molar-refractivity contribution in [3.05, 3.63) is 0 Å². The number of aliphatic hydroxyl groups is 1. The molecule has 0 aromatic carbocycles. The summed E-state index contributed by atoms with van der Waals surface area (Å²) in [7, 11) is 0. The number of hydrogen-bond donors (Lipinski definition) is 3. The minimum absolute atomic E-state index is 0.0726. The lowest BCUT2D eigenvalue weighted by molar-refractivity contribution is -0.204. The normalized spacial score (nSPS) is 39.5. The standard InChI is InChI=1S/C11H18N4O5/c1-11(2)19-6-5(3-16)18-8(7(6)20-11)15-4-13-9(12)14-10(15)17/h5-8,16H,3-4H2,1-2H3,(H3,12,13,14,17)/t5-,6+,7+,8-/m0/s1. The summed E-state index contributed by atoms with van der Waals surface area (Å²) in [6.07, 6.45) is -2.10. The molecular formula is C11H18N4O5. The maximum Gasteiger partial charge on any atom is 0.327 e. The summed E-state index contributed by atoms with van der Waals surface area (Å²) in [5, 5.41) is 11.8. The molecule has 0 bridgehead atoms. The first-order chi connectivity index (χ1) is 9.41. The fourth-order valence-corrected chi connectivity index (χ4v) is 2.69. The van der Waals surface area contributed by atoms with Gasteiger partial charge >= 0.3 is 6.03 Å². The third-order valence-corrected chi connectivity index (χ3v) is 3.50. The van der Waals surface area contributed by atoms with Crippen LogP contribution in [-0.4, -0.2) is 65.6 Å². The maximum atomic E-state index is 12.0. The molecule has 3 heterocycles. The zero-order valence-corrected chi connectivity index (χ0v) is 11.3. The molecule has 2 amide bonds. The van der Waals surface area contributed by atoms with Crippen LogP contribution < -0.4 is 11.1 Å². The molecule has 3 rings (SSSR count). The van der Waals surface area contributed by atoms with Crippen LogP contribution in [0, 0.1) is 0 Å².